The summed E-state index contributed by atoms with van der Waals surface area (Å²) < 4.78 is 2.90. The van der Waals surface area contributed by atoms with E-state index in [-0.39, 0.29) is 0 Å². The van der Waals surface area contributed by atoms with Gasteiger partial charge in [-0.05, 0) is 37.9 Å². The summed E-state index contributed by atoms with van der Waals surface area (Å²) in [7, 11) is 0. The van der Waals surface area contributed by atoms with Crippen LogP contribution in [0.1, 0.15) is 46.0 Å². The molecule has 0 bridgehead atoms. The Labute approximate surface area is 108 Å². The fraction of sp³-hybridized carbons (Fsp3) is 0.833. The Morgan fingerprint density at radius 1 is 1.41 bits per heavy atom. The summed E-state index contributed by atoms with van der Waals surface area (Å²) in [4.78, 5) is 2.44. The maximum atomic E-state index is 5.30. The molecule has 0 unspecified atom stereocenters. The average Bonchev–Trinajstić information content (AvgIpc) is 3.09. The number of aromatic nitrogens is 3. The topological polar surface area (TPSA) is 36.9 Å². The van der Waals surface area contributed by atoms with Gasteiger partial charge in [0.1, 0.15) is 0 Å². The van der Waals surface area contributed by atoms with Crippen molar-refractivity contribution in [2.75, 3.05) is 11.4 Å². The number of aromatic amines is 1. The number of anilines is 1. The van der Waals surface area contributed by atoms with Crippen LogP contribution >= 0.6 is 12.2 Å². The first kappa shape index (κ1) is 12.6. The molecule has 0 saturated heterocycles. The van der Waals surface area contributed by atoms with Crippen molar-refractivity contribution < 1.29 is 0 Å². The molecule has 0 amide bonds. The van der Waals surface area contributed by atoms with Crippen LogP contribution < -0.4 is 4.90 Å². The zero-order valence-electron chi connectivity index (χ0n) is 10.8. The normalized spacial score (nSPS) is 15.2. The van der Waals surface area contributed by atoms with Gasteiger partial charge in [-0.2, -0.15) is 0 Å². The number of unbranched alkanes of at least 4 members (excludes halogenated alkanes) is 1. The zero-order valence-corrected chi connectivity index (χ0v) is 11.6. The van der Waals surface area contributed by atoms with Crippen molar-refractivity contribution in [2.24, 2.45) is 0 Å². The number of H-pyrrole nitrogens is 1. The lowest BCUT2D eigenvalue weighted by Crippen LogP contribution is -2.29. The number of hydrogen-bond donors (Lipinski definition) is 1. The molecule has 17 heavy (non-hydrogen) atoms. The molecule has 1 heterocycles. The number of rotatable bonds is 7. The molecule has 1 aliphatic rings. The monoisotopic (exact) mass is 254 g/mol. The van der Waals surface area contributed by atoms with Gasteiger partial charge in [0.15, 0.2) is 4.77 Å². The van der Waals surface area contributed by atoms with Crippen LogP contribution in [-0.4, -0.2) is 27.4 Å². The van der Waals surface area contributed by atoms with Crippen molar-refractivity contribution in [3.05, 3.63) is 4.77 Å². The summed E-state index contributed by atoms with van der Waals surface area (Å²) in [6.07, 6.45) is 6.14. The van der Waals surface area contributed by atoms with Crippen molar-refractivity contribution in [2.45, 2.75) is 58.5 Å². The highest BCUT2D eigenvalue weighted by Crippen LogP contribution is 2.31. The van der Waals surface area contributed by atoms with Gasteiger partial charge in [-0.15, -0.1) is 5.10 Å². The van der Waals surface area contributed by atoms with Gasteiger partial charge in [0.2, 0.25) is 5.95 Å². The molecule has 1 aliphatic carbocycles. The number of hydrogen-bond acceptors (Lipinski definition) is 3. The summed E-state index contributed by atoms with van der Waals surface area (Å²) >= 11 is 5.30. The molecule has 0 atom stereocenters. The minimum Gasteiger partial charge on any atom is -0.338 e. The number of nitrogens with zero attached hydrogens (tertiary/aromatic N) is 3. The zero-order chi connectivity index (χ0) is 12.3. The van der Waals surface area contributed by atoms with Gasteiger partial charge in [0, 0.05) is 19.1 Å². The fourth-order valence-corrected chi connectivity index (χ4v) is 2.33. The molecule has 96 valence electrons. The molecular weight excluding hydrogens is 232 g/mol. The first-order valence-electron chi connectivity index (χ1n) is 6.69. The Hall–Kier alpha value is -0.840. The predicted molar refractivity (Wildman–Crippen MR) is 73.0 cm³/mol. The SMILES string of the molecule is CCCCN(c1n[nH]c(=S)n1CCC)C1CC1. The van der Waals surface area contributed by atoms with Crippen LogP contribution in [0.25, 0.3) is 0 Å². The molecule has 2 rings (SSSR count). The molecule has 5 heteroatoms. The van der Waals surface area contributed by atoms with Gasteiger partial charge in [-0.1, -0.05) is 20.3 Å². The first-order chi connectivity index (χ1) is 8.27. The quantitative estimate of drug-likeness (QED) is 0.760. The summed E-state index contributed by atoms with van der Waals surface area (Å²) in [5.41, 5.74) is 0. The second-order valence-corrected chi connectivity index (χ2v) is 5.15. The van der Waals surface area contributed by atoms with Gasteiger partial charge in [0.25, 0.3) is 0 Å². The van der Waals surface area contributed by atoms with Gasteiger partial charge < -0.3 is 4.90 Å². The lowest BCUT2D eigenvalue weighted by molar-refractivity contribution is 0.624. The molecule has 4 nitrogen and oxygen atoms in total. The minimum absolute atomic E-state index is 0.697. The summed E-state index contributed by atoms with van der Waals surface area (Å²) in [5, 5.41) is 7.36. The van der Waals surface area contributed by atoms with Gasteiger partial charge in [-0.3, -0.25) is 4.57 Å². The van der Waals surface area contributed by atoms with E-state index in [9.17, 15) is 0 Å². The third kappa shape index (κ3) is 2.89. The highest BCUT2D eigenvalue weighted by atomic mass is 32.1. The standard InChI is InChI=1S/C12H22N4S/c1-3-5-9-15(10-6-7-10)11-13-14-12(17)16(11)8-4-2/h10H,3-9H2,1-2H3,(H,14,17). The van der Waals surface area contributed by atoms with Crippen molar-refractivity contribution >= 4 is 18.2 Å². The third-order valence-corrected chi connectivity index (χ3v) is 3.49. The van der Waals surface area contributed by atoms with E-state index in [1.165, 1.54) is 25.7 Å². The van der Waals surface area contributed by atoms with E-state index >= 15 is 0 Å². The van der Waals surface area contributed by atoms with Crippen LogP contribution in [0.4, 0.5) is 5.95 Å². The van der Waals surface area contributed by atoms with Crippen molar-refractivity contribution in [1.29, 1.82) is 0 Å². The first-order valence-corrected chi connectivity index (χ1v) is 7.10. The average molecular weight is 254 g/mol. The van der Waals surface area contributed by atoms with E-state index in [1.54, 1.807) is 0 Å². The Morgan fingerprint density at radius 3 is 2.76 bits per heavy atom. The van der Waals surface area contributed by atoms with Crippen molar-refractivity contribution in [3.8, 4) is 0 Å². The lowest BCUT2D eigenvalue weighted by Gasteiger charge is -2.23. The Bertz CT molecular complexity index is 405. The molecule has 1 saturated carbocycles. The third-order valence-electron chi connectivity index (χ3n) is 3.18. The Kier molecular flexibility index (Phi) is 4.20. The molecule has 0 aromatic carbocycles. The maximum Gasteiger partial charge on any atom is 0.225 e. The van der Waals surface area contributed by atoms with Gasteiger partial charge >= 0.3 is 0 Å². The van der Waals surface area contributed by atoms with E-state index in [2.05, 4.69) is 33.5 Å². The van der Waals surface area contributed by atoms with Crippen LogP contribution in [0.15, 0.2) is 0 Å². The van der Waals surface area contributed by atoms with Crippen molar-refractivity contribution in [3.63, 3.8) is 0 Å². The van der Waals surface area contributed by atoms with E-state index in [4.69, 9.17) is 12.2 Å². The van der Waals surface area contributed by atoms with E-state index in [1.807, 2.05) is 0 Å². The molecular formula is C12H22N4S. The van der Waals surface area contributed by atoms with Crippen LogP contribution in [0.3, 0.4) is 0 Å². The van der Waals surface area contributed by atoms with Gasteiger partial charge in [0.05, 0.1) is 0 Å². The molecule has 1 aromatic rings. The molecule has 0 spiro atoms. The van der Waals surface area contributed by atoms with E-state index < -0.39 is 0 Å². The lowest BCUT2D eigenvalue weighted by atomic mass is 10.3. The summed E-state index contributed by atoms with van der Waals surface area (Å²) in [5.74, 6) is 1.05. The molecule has 0 radical (unpaired) electrons. The Balaban J connectivity index is 2.19. The maximum absolute atomic E-state index is 5.30. The molecule has 1 N–H and O–H groups in total. The van der Waals surface area contributed by atoms with Crippen LogP contribution in [-0.2, 0) is 6.54 Å². The number of nitrogens with one attached hydrogen (secondary N) is 1. The summed E-state index contributed by atoms with van der Waals surface area (Å²) in [6, 6.07) is 0.697. The van der Waals surface area contributed by atoms with Gasteiger partial charge in [-0.25, -0.2) is 5.10 Å². The second kappa shape index (κ2) is 5.67. The van der Waals surface area contributed by atoms with Crippen LogP contribution in [0.2, 0.25) is 0 Å². The Morgan fingerprint density at radius 2 is 2.18 bits per heavy atom. The van der Waals surface area contributed by atoms with E-state index in [0.29, 0.717) is 6.04 Å². The van der Waals surface area contributed by atoms with Crippen LogP contribution in [0, 0.1) is 4.77 Å². The van der Waals surface area contributed by atoms with Crippen LogP contribution in [0.5, 0.6) is 0 Å². The highest BCUT2D eigenvalue weighted by Gasteiger charge is 2.31. The predicted octanol–water partition coefficient (Wildman–Crippen LogP) is 3.12. The fourth-order valence-electron chi connectivity index (χ4n) is 2.11. The van der Waals surface area contributed by atoms with Crippen molar-refractivity contribution in [1.82, 2.24) is 14.8 Å². The smallest absolute Gasteiger partial charge is 0.225 e. The molecule has 1 fully saturated rings. The molecule has 1 aromatic heterocycles. The summed E-state index contributed by atoms with van der Waals surface area (Å²) in [6.45, 7) is 6.46. The largest absolute Gasteiger partial charge is 0.338 e. The minimum atomic E-state index is 0.697. The highest BCUT2D eigenvalue weighted by molar-refractivity contribution is 7.71. The van der Waals surface area contributed by atoms with E-state index in [0.717, 1.165) is 30.2 Å². The molecule has 0 aliphatic heterocycles. The second-order valence-electron chi connectivity index (χ2n) is 4.76.